The number of rotatable bonds is 10. The number of hydrogen-bond donors (Lipinski definition) is 2. The number of methoxy groups -OCH3 is 1. The van der Waals surface area contributed by atoms with Crippen LogP contribution < -0.4 is 20.1 Å². The van der Waals surface area contributed by atoms with Crippen LogP contribution in [0.15, 0.2) is 30.4 Å². The second-order valence-electron chi connectivity index (χ2n) is 7.78. The van der Waals surface area contributed by atoms with Crippen molar-refractivity contribution in [1.29, 1.82) is 0 Å². The molecule has 2 amide bonds. The number of amides is 2. The minimum Gasteiger partial charge on any atom is -0.493 e. The molecule has 0 aliphatic carbocycles. The number of carbonyl (C=O) groups is 2. The van der Waals surface area contributed by atoms with Crippen LogP contribution in [-0.4, -0.2) is 50.2 Å². The summed E-state index contributed by atoms with van der Waals surface area (Å²) < 4.78 is 10.9. The first-order chi connectivity index (χ1) is 14.5. The zero-order valence-electron chi connectivity index (χ0n) is 18.4. The first kappa shape index (κ1) is 23.7. The zero-order valence-corrected chi connectivity index (χ0v) is 18.4. The van der Waals surface area contributed by atoms with Gasteiger partial charge in [0.25, 0.3) is 0 Å². The van der Waals surface area contributed by atoms with Crippen LogP contribution in [0.3, 0.4) is 0 Å². The van der Waals surface area contributed by atoms with E-state index in [0.29, 0.717) is 43.5 Å². The molecule has 1 fully saturated rings. The highest BCUT2D eigenvalue weighted by Crippen LogP contribution is 2.28. The molecule has 1 aliphatic heterocycles. The Labute approximate surface area is 179 Å². The number of allylic oxidation sites excluding steroid dienone is 2. The van der Waals surface area contributed by atoms with Gasteiger partial charge < -0.3 is 25.0 Å². The standard InChI is InChI=1S/C23H35N3O4/c1-18(2)8-6-4-5-7-9-22(27)25-17-19-10-11-20(21(16-19)29-3)30-23(28)26-14-12-24-13-15-26/h6,8,10-11,16,18,24H,4-5,7,9,12-15,17H2,1-3H3,(H,25,27)/b8-6+. The first-order valence-corrected chi connectivity index (χ1v) is 10.8. The molecule has 0 aromatic heterocycles. The summed E-state index contributed by atoms with van der Waals surface area (Å²) in [5.74, 6) is 1.46. The maximum absolute atomic E-state index is 12.3. The SMILES string of the molecule is COc1cc(CNC(=O)CCCC/C=C/C(C)C)ccc1OC(=O)N1CCNCC1. The summed E-state index contributed by atoms with van der Waals surface area (Å²) in [5.41, 5.74) is 0.891. The Morgan fingerprint density at radius 2 is 1.97 bits per heavy atom. The van der Waals surface area contributed by atoms with Gasteiger partial charge in [0.15, 0.2) is 11.5 Å². The molecule has 0 atom stereocenters. The Bertz CT molecular complexity index is 712. The lowest BCUT2D eigenvalue weighted by atomic mass is 10.1. The van der Waals surface area contributed by atoms with E-state index in [-0.39, 0.29) is 12.0 Å². The average Bonchev–Trinajstić information content (AvgIpc) is 2.75. The topological polar surface area (TPSA) is 79.9 Å². The summed E-state index contributed by atoms with van der Waals surface area (Å²) in [5, 5.41) is 6.14. The molecule has 0 unspecified atom stereocenters. The van der Waals surface area contributed by atoms with E-state index < -0.39 is 0 Å². The molecule has 1 aromatic rings. The number of benzene rings is 1. The lowest BCUT2D eigenvalue weighted by Gasteiger charge is -2.26. The molecule has 7 nitrogen and oxygen atoms in total. The van der Waals surface area contributed by atoms with Gasteiger partial charge >= 0.3 is 6.09 Å². The van der Waals surface area contributed by atoms with Crippen molar-refractivity contribution < 1.29 is 19.1 Å². The summed E-state index contributed by atoms with van der Waals surface area (Å²) in [4.78, 5) is 26.0. The van der Waals surface area contributed by atoms with Gasteiger partial charge in [-0.15, -0.1) is 0 Å². The van der Waals surface area contributed by atoms with E-state index in [1.54, 1.807) is 17.0 Å². The highest BCUT2D eigenvalue weighted by Gasteiger charge is 2.19. The van der Waals surface area contributed by atoms with Crippen LogP contribution in [0.4, 0.5) is 4.79 Å². The van der Waals surface area contributed by atoms with Crippen LogP contribution in [0.25, 0.3) is 0 Å². The molecule has 0 bridgehead atoms. The van der Waals surface area contributed by atoms with Crippen molar-refractivity contribution >= 4 is 12.0 Å². The summed E-state index contributed by atoms with van der Waals surface area (Å²) >= 11 is 0. The molecule has 1 saturated heterocycles. The highest BCUT2D eigenvalue weighted by atomic mass is 16.6. The van der Waals surface area contributed by atoms with Crippen molar-refractivity contribution in [2.24, 2.45) is 5.92 Å². The third-order valence-electron chi connectivity index (χ3n) is 4.84. The van der Waals surface area contributed by atoms with Crippen molar-refractivity contribution in [2.75, 3.05) is 33.3 Å². The minimum absolute atomic E-state index is 0.0380. The van der Waals surface area contributed by atoms with E-state index in [9.17, 15) is 9.59 Å². The van der Waals surface area contributed by atoms with E-state index in [2.05, 4.69) is 36.6 Å². The van der Waals surface area contributed by atoms with Crippen LogP contribution in [-0.2, 0) is 11.3 Å². The average molecular weight is 418 g/mol. The molecule has 1 heterocycles. The number of nitrogens with zero attached hydrogens (tertiary/aromatic N) is 1. The van der Waals surface area contributed by atoms with Crippen molar-refractivity contribution in [2.45, 2.75) is 46.1 Å². The van der Waals surface area contributed by atoms with E-state index >= 15 is 0 Å². The molecular weight excluding hydrogens is 382 g/mol. The van der Waals surface area contributed by atoms with Gasteiger partial charge in [-0.2, -0.15) is 0 Å². The van der Waals surface area contributed by atoms with Gasteiger partial charge in [-0.25, -0.2) is 4.79 Å². The third kappa shape index (κ3) is 8.45. The third-order valence-corrected chi connectivity index (χ3v) is 4.84. The van der Waals surface area contributed by atoms with E-state index in [4.69, 9.17) is 9.47 Å². The molecule has 166 valence electrons. The van der Waals surface area contributed by atoms with E-state index in [1.165, 1.54) is 7.11 Å². The molecule has 7 heteroatoms. The minimum atomic E-state index is -0.376. The molecular formula is C23H35N3O4. The van der Waals surface area contributed by atoms with E-state index in [1.807, 2.05) is 6.07 Å². The Balaban J connectivity index is 1.77. The zero-order chi connectivity index (χ0) is 21.8. The van der Waals surface area contributed by atoms with Gasteiger partial charge in [0.05, 0.1) is 7.11 Å². The molecule has 2 N–H and O–H groups in total. The summed E-state index contributed by atoms with van der Waals surface area (Å²) in [6.07, 6.45) is 7.42. The Hall–Kier alpha value is -2.54. The van der Waals surface area contributed by atoms with Crippen molar-refractivity contribution in [1.82, 2.24) is 15.5 Å². The Kier molecular flexibility index (Phi) is 10.2. The number of nitrogens with one attached hydrogen (secondary N) is 2. The van der Waals surface area contributed by atoms with Crippen LogP contribution >= 0.6 is 0 Å². The number of piperazine rings is 1. The van der Waals surface area contributed by atoms with Gasteiger partial charge in [0.1, 0.15) is 0 Å². The van der Waals surface area contributed by atoms with Crippen molar-refractivity contribution in [3.8, 4) is 11.5 Å². The van der Waals surface area contributed by atoms with Crippen LogP contribution in [0.1, 0.15) is 45.1 Å². The molecule has 0 saturated carbocycles. The monoisotopic (exact) mass is 417 g/mol. The van der Waals surface area contributed by atoms with Crippen LogP contribution in [0, 0.1) is 5.92 Å². The maximum Gasteiger partial charge on any atom is 0.415 e. The largest absolute Gasteiger partial charge is 0.493 e. The predicted molar refractivity (Wildman–Crippen MR) is 118 cm³/mol. The Morgan fingerprint density at radius 3 is 2.67 bits per heavy atom. The molecule has 30 heavy (non-hydrogen) atoms. The molecule has 1 aromatic carbocycles. The fraction of sp³-hybridized carbons (Fsp3) is 0.565. The first-order valence-electron chi connectivity index (χ1n) is 10.8. The normalized spacial score (nSPS) is 14.2. The molecule has 1 aliphatic rings. The quantitative estimate of drug-likeness (QED) is 0.450. The summed E-state index contributed by atoms with van der Waals surface area (Å²) in [6, 6.07) is 5.33. The number of hydrogen-bond acceptors (Lipinski definition) is 5. The highest BCUT2D eigenvalue weighted by molar-refractivity contribution is 5.76. The van der Waals surface area contributed by atoms with Crippen LogP contribution in [0.2, 0.25) is 0 Å². The fourth-order valence-electron chi connectivity index (χ4n) is 3.12. The number of carbonyl (C=O) groups excluding carboxylic acids is 2. The van der Waals surface area contributed by atoms with Gasteiger partial charge in [0, 0.05) is 39.1 Å². The molecule has 2 rings (SSSR count). The van der Waals surface area contributed by atoms with E-state index in [0.717, 1.165) is 37.9 Å². The van der Waals surface area contributed by atoms with Crippen LogP contribution in [0.5, 0.6) is 11.5 Å². The lowest BCUT2D eigenvalue weighted by molar-refractivity contribution is -0.121. The molecule has 0 radical (unpaired) electrons. The smallest absolute Gasteiger partial charge is 0.415 e. The fourth-order valence-corrected chi connectivity index (χ4v) is 3.12. The van der Waals surface area contributed by atoms with Crippen molar-refractivity contribution in [3.63, 3.8) is 0 Å². The predicted octanol–water partition coefficient (Wildman–Crippen LogP) is 3.49. The Morgan fingerprint density at radius 1 is 1.20 bits per heavy atom. The van der Waals surface area contributed by atoms with Gasteiger partial charge in [-0.1, -0.05) is 32.1 Å². The van der Waals surface area contributed by atoms with Gasteiger partial charge in [-0.05, 0) is 42.9 Å². The summed E-state index contributed by atoms with van der Waals surface area (Å²) in [6.45, 7) is 7.50. The molecule has 0 spiro atoms. The van der Waals surface area contributed by atoms with Gasteiger partial charge in [-0.3, -0.25) is 4.79 Å². The second-order valence-corrected chi connectivity index (χ2v) is 7.78. The maximum atomic E-state index is 12.3. The second kappa shape index (κ2) is 12.9. The lowest BCUT2D eigenvalue weighted by Crippen LogP contribution is -2.47. The summed E-state index contributed by atoms with van der Waals surface area (Å²) in [7, 11) is 1.54. The van der Waals surface area contributed by atoms with Gasteiger partial charge in [0.2, 0.25) is 5.91 Å². The van der Waals surface area contributed by atoms with Crippen molar-refractivity contribution in [3.05, 3.63) is 35.9 Å². The number of ether oxygens (including phenoxy) is 2. The number of unbranched alkanes of at least 4 members (excludes halogenated alkanes) is 2.